The number of carbonyl (C=O) groups is 1. The Morgan fingerprint density at radius 1 is 1.17 bits per heavy atom. The van der Waals surface area contributed by atoms with E-state index in [4.69, 9.17) is 4.74 Å². The van der Waals surface area contributed by atoms with Crippen LogP contribution >= 0.6 is 0 Å². The molecule has 0 aromatic heterocycles. The Bertz CT molecular complexity index is 488. The maximum atomic E-state index is 12.5. The minimum atomic E-state index is -2.26. The Morgan fingerprint density at radius 3 is 2.41 bits per heavy atom. The van der Waals surface area contributed by atoms with Gasteiger partial charge in [-0.15, -0.1) is 0 Å². The van der Waals surface area contributed by atoms with E-state index in [2.05, 4.69) is 15.6 Å². The summed E-state index contributed by atoms with van der Waals surface area (Å²) in [5.41, 5.74) is -0.416. The number of carbonyl (C=O) groups excluding carboxylic acids is 1. The van der Waals surface area contributed by atoms with Crippen LogP contribution in [-0.2, 0) is 9.53 Å². The summed E-state index contributed by atoms with van der Waals surface area (Å²) in [6.45, 7) is 10.4. The third-order valence-electron chi connectivity index (χ3n) is 4.65. The van der Waals surface area contributed by atoms with Crippen LogP contribution in [0.1, 0.15) is 72.6 Å². The van der Waals surface area contributed by atoms with Gasteiger partial charge in [-0.3, -0.25) is 14.7 Å². The molecule has 0 radical (unpaired) electrons. The quantitative estimate of drug-likeness (QED) is 0.232. The second kappa shape index (κ2) is 13.7. The third kappa shape index (κ3) is 13.4. The molecule has 0 aliphatic carbocycles. The summed E-state index contributed by atoms with van der Waals surface area (Å²) in [7, 11) is 0. The van der Waals surface area contributed by atoms with E-state index in [1.54, 1.807) is 0 Å². The van der Waals surface area contributed by atoms with E-state index in [9.17, 15) is 13.6 Å². The van der Waals surface area contributed by atoms with Crippen molar-refractivity contribution >= 4 is 11.9 Å². The molecule has 0 bridgehead atoms. The summed E-state index contributed by atoms with van der Waals surface area (Å²) >= 11 is 0. The fraction of sp³-hybridized carbons (Fsp3) is 0.905. The van der Waals surface area contributed by atoms with Gasteiger partial charge >= 0.3 is 5.97 Å². The highest BCUT2D eigenvalue weighted by molar-refractivity contribution is 5.80. The molecule has 0 aromatic carbocycles. The summed E-state index contributed by atoms with van der Waals surface area (Å²) in [6, 6.07) is 0.274. The van der Waals surface area contributed by atoms with Crippen molar-refractivity contribution < 1.29 is 18.3 Å². The number of halogens is 2. The largest absolute Gasteiger partial charge is 0.460 e. The number of nitrogens with one attached hydrogen (secondary N) is 2. The Labute approximate surface area is 174 Å². The topological polar surface area (TPSA) is 66.0 Å². The number of esters is 1. The number of hydrogen-bond donors (Lipinski definition) is 2. The van der Waals surface area contributed by atoms with Gasteiger partial charge in [0, 0.05) is 38.6 Å². The molecule has 8 heteroatoms. The molecule has 1 rings (SSSR count). The molecule has 0 saturated carbocycles. The SMILES string of the molecule is CCNC(=NCCCCCCC(=O)OC(C)(C)C)NC1CCN(CC(F)F)CC1. The summed E-state index contributed by atoms with van der Waals surface area (Å²) in [4.78, 5) is 18.1. The molecule has 6 nitrogen and oxygen atoms in total. The normalized spacial score (nSPS) is 16.9. The first kappa shape index (κ1) is 25.6. The molecule has 1 aliphatic heterocycles. The molecule has 1 fully saturated rings. The summed E-state index contributed by atoms with van der Waals surface area (Å²) in [5, 5.41) is 6.69. The molecular formula is C21H40F2N4O2. The van der Waals surface area contributed by atoms with Crippen LogP contribution in [0.4, 0.5) is 8.78 Å². The molecule has 2 N–H and O–H groups in total. The monoisotopic (exact) mass is 418 g/mol. The first-order valence-corrected chi connectivity index (χ1v) is 11.0. The van der Waals surface area contributed by atoms with Crippen LogP contribution in [0.3, 0.4) is 0 Å². The summed E-state index contributed by atoms with van der Waals surface area (Å²) in [5.74, 6) is 0.669. The molecule has 1 heterocycles. The molecule has 0 unspecified atom stereocenters. The minimum Gasteiger partial charge on any atom is -0.460 e. The first-order valence-electron chi connectivity index (χ1n) is 11.0. The predicted molar refractivity (Wildman–Crippen MR) is 114 cm³/mol. The van der Waals surface area contributed by atoms with Crippen molar-refractivity contribution in [3.63, 3.8) is 0 Å². The lowest BCUT2D eigenvalue weighted by atomic mass is 10.1. The zero-order valence-electron chi connectivity index (χ0n) is 18.6. The second-order valence-corrected chi connectivity index (χ2v) is 8.62. The maximum Gasteiger partial charge on any atom is 0.306 e. The average molecular weight is 419 g/mol. The highest BCUT2D eigenvalue weighted by atomic mass is 19.3. The van der Waals surface area contributed by atoms with E-state index in [-0.39, 0.29) is 18.6 Å². The van der Waals surface area contributed by atoms with Crippen molar-refractivity contribution in [1.82, 2.24) is 15.5 Å². The highest BCUT2D eigenvalue weighted by Crippen LogP contribution is 2.12. The highest BCUT2D eigenvalue weighted by Gasteiger charge is 2.22. The molecule has 0 aromatic rings. The van der Waals surface area contributed by atoms with Crippen LogP contribution in [0.5, 0.6) is 0 Å². The number of ether oxygens (including phenoxy) is 1. The van der Waals surface area contributed by atoms with Crippen LogP contribution in [0.25, 0.3) is 0 Å². The van der Waals surface area contributed by atoms with Gasteiger partial charge in [-0.2, -0.15) is 0 Å². The van der Waals surface area contributed by atoms with Gasteiger partial charge in [0.05, 0.1) is 6.54 Å². The number of alkyl halides is 2. The number of likely N-dealkylation sites (tertiary alicyclic amines) is 1. The Kier molecular flexibility index (Phi) is 12.1. The number of aliphatic imine (C=N–C) groups is 1. The molecular weight excluding hydrogens is 378 g/mol. The average Bonchev–Trinajstić information content (AvgIpc) is 2.60. The second-order valence-electron chi connectivity index (χ2n) is 8.62. The number of nitrogens with zero attached hydrogens (tertiary/aromatic N) is 2. The zero-order chi connectivity index (χ0) is 21.7. The van der Waals surface area contributed by atoms with E-state index < -0.39 is 12.0 Å². The number of hydrogen-bond acceptors (Lipinski definition) is 4. The smallest absolute Gasteiger partial charge is 0.306 e. The van der Waals surface area contributed by atoms with Crippen LogP contribution in [0.15, 0.2) is 4.99 Å². The number of piperidine rings is 1. The minimum absolute atomic E-state index is 0.130. The zero-order valence-corrected chi connectivity index (χ0v) is 18.6. The van der Waals surface area contributed by atoms with E-state index in [0.717, 1.165) is 57.6 Å². The van der Waals surface area contributed by atoms with Crippen LogP contribution in [-0.4, -0.2) is 67.6 Å². The Morgan fingerprint density at radius 2 is 1.83 bits per heavy atom. The van der Waals surface area contributed by atoms with Gasteiger partial charge in [0.2, 0.25) is 0 Å². The lowest BCUT2D eigenvalue weighted by Crippen LogP contribution is -2.49. The van der Waals surface area contributed by atoms with Crippen molar-refractivity contribution in [1.29, 1.82) is 0 Å². The van der Waals surface area contributed by atoms with Crippen molar-refractivity contribution in [2.24, 2.45) is 4.99 Å². The molecule has 0 amide bonds. The van der Waals surface area contributed by atoms with E-state index in [0.29, 0.717) is 19.5 Å². The lowest BCUT2D eigenvalue weighted by molar-refractivity contribution is -0.154. The van der Waals surface area contributed by atoms with Crippen molar-refractivity contribution in [2.75, 3.05) is 32.7 Å². The van der Waals surface area contributed by atoms with Crippen LogP contribution in [0.2, 0.25) is 0 Å². The van der Waals surface area contributed by atoms with E-state index in [1.165, 1.54) is 0 Å². The molecule has 170 valence electrons. The summed E-state index contributed by atoms with van der Waals surface area (Å²) in [6.07, 6.45) is 3.73. The van der Waals surface area contributed by atoms with Crippen molar-refractivity contribution in [3.8, 4) is 0 Å². The van der Waals surface area contributed by atoms with Gasteiger partial charge < -0.3 is 15.4 Å². The third-order valence-corrected chi connectivity index (χ3v) is 4.65. The van der Waals surface area contributed by atoms with E-state index in [1.807, 2.05) is 32.6 Å². The van der Waals surface area contributed by atoms with Crippen LogP contribution < -0.4 is 10.6 Å². The fourth-order valence-electron chi connectivity index (χ4n) is 3.29. The fourth-order valence-corrected chi connectivity index (χ4v) is 3.29. The van der Waals surface area contributed by atoms with Crippen molar-refractivity contribution in [2.45, 2.75) is 90.7 Å². The number of rotatable bonds is 11. The van der Waals surface area contributed by atoms with Gasteiger partial charge in [-0.25, -0.2) is 8.78 Å². The number of guanidine groups is 1. The molecule has 29 heavy (non-hydrogen) atoms. The standard InChI is InChI=1S/C21H40F2N4O2/c1-5-24-20(26-17-11-14-27(15-12-17)16-18(22)23)25-13-9-7-6-8-10-19(28)29-21(2,3)4/h17-18H,5-16H2,1-4H3,(H2,24,25,26). The predicted octanol–water partition coefficient (Wildman–Crippen LogP) is 3.56. The summed E-state index contributed by atoms with van der Waals surface area (Å²) < 4.78 is 30.2. The number of unbranched alkanes of at least 4 members (excludes halogenated alkanes) is 3. The van der Waals surface area contributed by atoms with Gasteiger partial charge in [0.15, 0.2) is 5.96 Å². The Balaban J connectivity index is 2.20. The Hall–Kier alpha value is -1.44. The van der Waals surface area contributed by atoms with Crippen molar-refractivity contribution in [3.05, 3.63) is 0 Å². The molecule has 1 aliphatic rings. The van der Waals surface area contributed by atoms with Gasteiger partial charge in [-0.1, -0.05) is 12.8 Å². The molecule has 0 atom stereocenters. The van der Waals surface area contributed by atoms with Gasteiger partial charge in [0.1, 0.15) is 5.60 Å². The lowest BCUT2D eigenvalue weighted by Gasteiger charge is -2.32. The molecule has 0 spiro atoms. The van der Waals surface area contributed by atoms with Gasteiger partial charge in [0.25, 0.3) is 6.43 Å². The van der Waals surface area contributed by atoms with E-state index >= 15 is 0 Å². The molecule has 1 saturated heterocycles. The first-order chi connectivity index (χ1) is 13.7. The van der Waals surface area contributed by atoms with Crippen LogP contribution in [0, 0.1) is 0 Å². The maximum absolute atomic E-state index is 12.5. The van der Waals surface area contributed by atoms with Gasteiger partial charge in [-0.05, 0) is 53.4 Å².